The average molecular weight is 189 g/mol. The van der Waals surface area contributed by atoms with Crippen molar-refractivity contribution in [2.45, 2.75) is 6.04 Å². The maximum atomic E-state index is 10.8. The van der Waals surface area contributed by atoms with E-state index in [0.29, 0.717) is 6.41 Å². The van der Waals surface area contributed by atoms with Crippen LogP contribution >= 0.6 is 0 Å². The first kappa shape index (κ1) is 11.4. The number of aliphatic hydroxyl groups excluding tert-OH is 1. The number of nitrogens with two attached hydrogens (primary N) is 1. The van der Waals surface area contributed by atoms with Gasteiger partial charge >= 0.3 is 0 Å². The summed E-state index contributed by atoms with van der Waals surface area (Å²) >= 11 is 0. The molecule has 0 aromatic rings. The number of nitrogens with one attached hydrogen (secondary N) is 2. The lowest BCUT2D eigenvalue weighted by atomic mass is 10.3. The molecule has 13 heavy (non-hydrogen) atoms. The molecule has 0 fully saturated rings. The molecule has 1 atom stereocenters. The SMILES string of the molecule is NC(=O)[C@H](CO)NC(=O)CNC=O. The number of amides is 3. The monoisotopic (exact) mass is 189 g/mol. The summed E-state index contributed by atoms with van der Waals surface area (Å²) in [5.74, 6) is -1.42. The highest BCUT2D eigenvalue weighted by Gasteiger charge is 2.15. The van der Waals surface area contributed by atoms with Gasteiger partial charge in [0.2, 0.25) is 18.2 Å². The van der Waals surface area contributed by atoms with E-state index in [4.69, 9.17) is 10.8 Å². The zero-order valence-electron chi connectivity index (χ0n) is 6.82. The Kier molecular flexibility index (Phi) is 5.20. The Labute approximate surface area is 74.3 Å². The van der Waals surface area contributed by atoms with Gasteiger partial charge in [0.25, 0.3) is 0 Å². The van der Waals surface area contributed by atoms with E-state index < -0.39 is 24.5 Å². The Morgan fingerprint density at radius 1 is 1.54 bits per heavy atom. The van der Waals surface area contributed by atoms with Crippen molar-refractivity contribution in [3.8, 4) is 0 Å². The first-order valence-electron chi connectivity index (χ1n) is 3.48. The Morgan fingerprint density at radius 3 is 2.54 bits per heavy atom. The van der Waals surface area contributed by atoms with Gasteiger partial charge in [-0.15, -0.1) is 0 Å². The minimum atomic E-state index is -1.11. The summed E-state index contributed by atoms with van der Waals surface area (Å²) in [5, 5.41) is 12.8. The van der Waals surface area contributed by atoms with Gasteiger partial charge in [-0.1, -0.05) is 0 Å². The molecule has 0 aliphatic heterocycles. The molecule has 0 saturated carbocycles. The van der Waals surface area contributed by atoms with Gasteiger partial charge in [-0.3, -0.25) is 14.4 Å². The highest BCUT2D eigenvalue weighted by molar-refractivity contribution is 5.87. The number of hydrogen-bond donors (Lipinski definition) is 4. The van der Waals surface area contributed by atoms with Crippen molar-refractivity contribution in [3.63, 3.8) is 0 Å². The third-order valence-corrected chi connectivity index (χ3v) is 1.21. The molecule has 0 radical (unpaired) electrons. The maximum Gasteiger partial charge on any atom is 0.242 e. The zero-order chi connectivity index (χ0) is 10.3. The maximum absolute atomic E-state index is 10.8. The van der Waals surface area contributed by atoms with Gasteiger partial charge in [-0.2, -0.15) is 0 Å². The van der Waals surface area contributed by atoms with Crippen molar-refractivity contribution in [3.05, 3.63) is 0 Å². The normalized spacial score (nSPS) is 11.5. The number of hydrogen-bond acceptors (Lipinski definition) is 4. The number of aliphatic hydroxyl groups is 1. The lowest BCUT2D eigenvalue weighted by molar-refractivity contribution is -0.128. The standard InChI is InChI=1S/C6H11N3O4/c7-6(13)4(2-10)9-5(12)1-8-3-11/h3-4,10H,1-2H2,(H2,7,13)(H,8,11)(H,9,12)/t4-/m0/s1. The van der Waals surface area contributed by atoms with Crippen LogP contribution in [0.1, 0.15) is 0 Å². The highest BCUT2D eigenvalue weighted by atomic mass is 16.3. The molecular formula is C6H11N3O4. The smallest absolute Gasteiger partial charge is 0.242 e. The number of carbonyl (C=O) groups excluding carboxylic acids is 3. The first-order valence-corrected chi connectivity index (χ1v) is 3.48. The highest BCUT2D eigenvalue weighted by Crippen LogP contribution is 1.79. The van der Waals surface area contributed by atoms with Gasteiger partial charge in [0.1, 0.15) is 6.04 Å². The predicted octanol–water partition coefficient (Wildman–Crippen LogP) is -3.31. The van der Waals surface area contributed by atoms with Crippen LogP contribution in [0, 0.1) is 0 Å². The fourth-order valence-corrected chi connectivity index (χ4v) is 0.586. The molecule has 0 heterocycles. The average Bonchev–Trinajstić information content (AvgIpc) is 2.10. The molecule has 0 aromatic carbocycles. The van der Waals surface area contributed by atoms with Gasteiger partial charge in [0.15, 0.2) is 0 Å². The van der Waals surface area contributed by atoms with Crippen molar-refractivity contribution < 1.29 is 19.5 Å². The molecule has 0 aromatic heterocycles. The summed E-state index contributed by atoms with van der Waals surface area (Å²) in [6.45, 7) is -0.824. The summed E-state index contributed by atoms with van der Waals surface area (Å²) in [7, 11) is 0. The van der Waals surface area contributed by atoms with Crippen LogP contribution in [-0.2, 0) is 14.4 Å². The molecule has 0 aliphatic carbocycles. The third kappa shape index (κ3) is 4.75. The van der Waals surface area contributed by atoms with Crippen LogP contribution in [0.25, 0.3) is 0 Å². The molecule has 0 aliphatic rings. The fraction of sp³-hybridized carbons (Fsp3) is 0.500. The van der Waals surface area contributed by atoms with E-state index in [9.17, 15) is 14.4 Å². The molecule has 0 spiro atoms. The fourth-order valence-electron chi connectivity index (χ4n) is 0.586. The van der Waals surface area contributed by atoms with Crippen LogP contribution in [-0.4, -0.2) is 42.5 Å². The molecule has 0 saturated heterocycles. The van der Waals surface area contributed by atoms with Crippen LogP contribution in [0.3, 0.4) is 0 Å². The van der Waals surface area contributed by atoms with Crippen molar-refractivity contribution >= 4 is 18.2 Å². The summed E-state index contributed by atoms with van der Waals surface area (Å²) in [4.78, 5) is 31.1. The lowest BCUT2D eigenvalue weighted by Gasteiger charge is -2.11. The second-order valence-electron chi connectivity index (χ2n) is 2.20. The van der Waals surface area contributed by atoms with Gasteiger partial charge in [-0.05, 0) is 0 Å². The first-order chi connectivity index (χ1) is 6.11. The van der Waals surface area contributed by atoms with Crippen molar-refractivity contribution in [1.29, 1.82) is 0 Å². The second-order valence-corrected chi connectivity index (χ2v) is 2.20. The minimum Gasteiger partial charge on any atom is -0.394 e. The topological polar surface area (TPSA) is 122 Å². The van der Waals surface area contributed by atoms with Crippen molar-refractivity contribution in [1.82, 2.24) is 10.6 Å². The van der Waals surface area contributed by atoms with E-state index in [0.717, 1.165) is 0 Å². The van der Waals surface area contributed by atoms with Crippen LogP contribution in [0.4, 0.5) is 0 Å². The quantitative estimate of drug-likeness (QED) is 0.327. The minimum absolute atomic E-state index is 0.257. The molecule has 74 valence electrons. The molecule has 3 amide bonds. The zero-order valence-corrected chi connectivity index (χ0v) is 6.82. The van der Waals surface area contributed by atoms with E-state index in [1.807, 2.05) is 0 Å². The van der Waals surface area contributed by atoms with Gasteiger partial charge in [0.05, 0.1) is 13.2 Å². The van der Waals surface area contributed by atoms with Crippen LogP contribution < -0.4 is 16.4 Å². The van der Waals surface area contributed by atoms with Gasteiger partial charge < -0.3 is 21.5 Å². The Morgan fingerprint density at radius 2 is 2.15 bits per heavy atom. The number of primary amides is 1. The van der Waals surface area contributed by atoms with E-state index in [-0.39, 0.29) is 6.54 Å². The van der Waals surface area contributed by atoms with Crippen molar-refractivity contribution in [2.24, 2.45) is 5.73 Å². The summed E-state index contributed by atoms with van der Waals surface area (Å²) in [6.07, 6.45) is 0.345. The van der Waals surface area contributed by atoms with Gasteiger partial charge in [0, 0.05) is 0 Å². The molecule has 0 rings (SSSR count). The van der Waals surface area contributed by atoms with E-state index in [1.165, 1.54) is 0 Å². The predicted molar refractivity (Wildman–Crippen MR) is 42.3 cm³/mol. The molecule has 0 unspecified atom stereocenters. The van der Waals surface area contributed by atoms with E-state index in [1.54, 1.807) is 0 Å². The molecule has 7 nitrogen and oxygen atoms in total. The summed E-state index contributed by atoms with van der Waals surface area (Å²) < 4.78 is 0. The number of rotatable bonds is 6. The second kappa shape index (κ2) is 5.95. The van der Waals surface area contributed by atoms with Gasteiger partial charge in [-0.25, -0.2) is 0 Å². The molecule has 7 heteroatoms. The van der Waals surface area contributed by atoms with Crippen LogP contribution in [0.15, 0.2) is 0 Å². The summed E-state index contributed by atoms with van der Waals surface area (Å²) in [5.41, 5.74) is 4.82. The lowest BCUT2D eigenvalue weighted by Crippen LogP contribution is -2.49. The summed E-state index contributed by atoms with van der Waals surface area (Å²) in [6, 6.07) is -1.11. The Balaban J connectivity index is 3.86. The molecule has 5 N–H and O–H groups in total. The van der Waals surface area contributed by atoms with E-state index in [2.05, 4.69) is 10.6 Å². The van der Waals surface area contributed by atoms with E-state index >= 15 is 0 Å². The molecule has 0 bridgehead atoms. The third-order valence-electron chi connectivity index (χ3n) is 1.21. The number of carbonyl (C=O) groups is 3. The van der Waals surface area contributed by atoms with Crippen LogP contribution in [0.5, 0.6) is 0 Å². The molecular weight excluding hydrogens is 178 g/mol. The largest absolute Gasteiger partial charge is 0.394 e. The Bertz CT molecular complexity index is 206. The van der Waals surface area contributed by atoms with Crippen molar-refractivity contribution in [2.75, 3.05) is 13.2 Å². The van der Waals surface area contributed by atoms with Crippen LogP contribution in [0.2, 0.25) is 0 Å². The Hall–Kier alpha value is -1.63.